The van der Waals surface area contributed by atoms with Gasteiger partial charge in [0.1, 0.15) is 4.66 Å². The number of Topliss-reactive ketones (excluding diaryl/α,β-unsaturated/α-hetero) is 1. The predicted octanol–water partition coefficient (Wildman–Crippen LogP) is 3.42. The van der Waals surface area contributed by atoms with Crippen molar-refractivity contribution in [3.05, 3.63) is 77.1 Å². The lowest BCUT2D eigenvalue weighted by Crippen LogP contribution is -2.29. The molecule has 2 aromatic carbocycles. The quantitative estimate of drug-likeness (QED) is 0.499. The van der Waals surface area contributed by atoms with E-state index in [0.29, 0.717) is 32.9 Å². The van der Waals surface area contributed by atoms with Crippen molar-refractivity contribution in [2.24, 2.45) is 7.05 Å². The summed E-state index contributed by atoms with van der Waals surface area (Å²) >= 11 is 4.77. The smallest absolute Gasteiger partial charge is 0.268 e. The predicted molar refractivity (Wildman–Crippen MR) is 124 cm³/mol. The molecule has 7 heteroatoms. The molecule has 1 heterocycles. The molecule has 0 radical (unpaired) electrons. The molecular weight excluding hydrogens is 466 g/mol. The Labute approximate surface area is 187 Å². The number of methoxy groups -OCH3 is 1. The van der Waals surface area contributed by atoms with Gasteiger partial charge in [-0.2, -0.15) is 0 Å². The highest BCUT2D eigenvalue weighted by atomic mass is 79.9. The van der Waals surface area contributed by atoms with E-state index >= 15 is 0 Å². The van der Waals surface area contributed by atoms with Gasteiger partial charge in [-0.25, -0.2) is 0 Å². The number of ketones is 1. The molecule has 0 fully saturated rings. The number of rotatable bonds is 6. The van der Waals surface area contributed by atoms with Crippen molar-refractivity contribution in [3.63, 3.8) is 0 Å². The number of halogens is 1. The largest absolute Gasteiger partial charge is 0.492 e. The number of aryl methyl sites for hydroxylation is 1. The number of hydrogen-bond acceptors (Lipinski definition) is 5. The van der Waals surface area contributed by atoms with Crippen LogP contribution in [-0.4, -0.2) is 24.1 Å². The maximum atomic E-state index is 12.7. The van der Waals surface area contributed by atoms with E-state index in [-0.39, 0.29) is 11.3 Å². The Balaban J connectivity index is 2.10. The van der Waals surface area contributed by atoms with Crippen molar-refractivity contribution < 1.29 is 14.3 Å². The molecule has 0 unspecified atom stereocenters. The number of hydrogen-bond donors (Lipinski definition) is 0. The number of aromatic nitrogens is 1. The van der Waals surface area contributed by atoms with Gasteiger partial charge in [0.15, 0.2) is 17.3 Å². The zero-order valence-corrected chi connectivity index (χ0v) is 19.6. The van der Waals surface area contributed by atoms with Gasteiger partial charge in [-0.15, -0.1) is 11.3 Å². The van der Waals surface area contributed by atoms with E-state index in [2.05, 4.69) is 15.9 Å². The molecule has 0 saturated heterocycles. The van der Waals surface area contributed by atoms with Gasteiger partial charge in [0, 0.05) is 18.7 Å². The summed E-state index contributed by atoms with van der Waals surface area (Å²) in [5.74, 6) is 1.07. The van der Waals surface area contributed by atoms with Crippen LogP contribution in [-0.2, 0) is 7.05 Å². The summed E-state index contributed by atoms with van der Waals surface area (Å²) in [6.07, 6.45) is 3.30. The van der Waals surface area contributed by atoms with E-state index in [1.807, 2.05) is 44.2 Å². The lowest BCUT2D eigenvalue weighted by Gasteiger charge is -2.11. The number of thiazole rings is 1. The van der Waals surface area contributed by atoms with Crippen molar-refractivity contribution in [1.29, 1.82) is 0 Å². The molecule has 30 heavy (non-hydrogen) atoms. The molecule has 3 rings (SSSR count). The van der Waals surface area contributed by atoms with E-state index in [1.165, 1.54) is 22.0 Å². The minimum absolute atomic E-state index is 0.123. The first kappa shape index (κ1) is 22.1. The van der Waals surface area contributed by atoms with Gasteiger partial charge in [0.05, 0.1) is 22.7 Å². The molecule has 0 aliphatic carbocycles. The molecule has 0 aliphatic heterocycles. The van der Waals surface area contributed by atoms with Crippen LogP contribution >= 0.6 is 27.3 Å². The van der Waals surface area contributed by atoms with Gasteiger partial charge in [-0.05, 0) is 59.1 Å². The number of carbonyl (C=O) groups excluding carboxylic acids is 1. The van der Waals surface area contributed by atoms with Crippen LogP contribution in [0.3, 0.4) is 0 Å². The first-order valence-corrected chi connectivity index (χ1v) is 11.0. The summed E-state index contributed by atoms with van der Waals surface area (Å²) in [5.41, 5.74) is 2.17. The first-order valence-electron chi connectivity index (χ1n) is 9.35. The highest BCUT2D eigenvalue weighted by Gasteiger charge is 2.11. The maximum Gasteiger partial charge on any atom is 0.268 e. The van der Waals surface area contributed by atoms with E-state index in [4.69, 9.17) is 9.47 Å². The van der Waals surface area contributed by atoms with Crippen LogP contribution in [0.15, 0.2) is 45.7 Å². The third-order valence-electron chi connectivity index (χ3n) is 4.56. The van der Waals surface area contributed by atoms with Gasteiger partial charge in [0.25, 0.3) is 5.56 Å². The highest BCUT2D eigenvalue weighted by Crippen LogP contribution is 2.36. The molecule has 0 N–H and O–H groups in total. The number of benzene rings is 2. The minimum atomic E-state index is -0.159. The fourth-order valence-corrected chi connectivity index (χ4v) is 4.68. The van der Waals surface area contributed by atoms with Crippen LogP contribution < -0.4 is 24.2 Å². The standard InChI is InChI=1S/C23H22BrNO4S/c1-5-29-19-11-15(10-17(24)22(19)28-4)12-20-23(27)25(3)21(30-20)13-18(26)16-9-7-6-8-14(16)2/h6-13H,5H2,1-4H3. The Kier molecular flexibility index (Phi) is 6.95. The molecule has 0 aliphatic rings. The average Bonchev–Trinajstić information content (AvgIpc) is 2.96. The molecule has 156 valence electrons. The third-order valence-corrected chi connectivity index (χ3v) is 6.26. The van der Waals surface area contributed by atoms with E-state index < -0.39 is 0 Å². The molecule has 5 nitrogen and oxygen atoms in total. The van der Waals surface area contributed by atoms with Crippen molar-refractivity contribution in [3.8, 4) is 11.5 Å². The van der Waals surface area contributed by atoms with Crippen LogP contribution in [0.2, 0.25) is 0 Å². The van der Waals surface area contributed by atoms with Crippen LogP contribution in [0.4, 0.5) is 0 Å². The monoisotopic (exact) mass is 487 g/mol. The van der Waals surface area contributed by atoms with Gasteiger partial charge in [-0.1, -0.05) is 24.3 Å². The minimum Gasteiger partial charge on any atom is -0.492 e. The normalized spacial score (nSPS) is 12.3. The van der Waals surface area contributed by atoms with Crippen molar-refractivity contribution in [2.45, 2.75) is 13.8 Å². The van der Waals surface area contributed by atoms with E-state index in [1.54, 1.807) is 26.3 Å². The Hall–Kier alpha value is -2.64. The second-order valence-electron chi connectivity index (χ2n) is 6.60. The Bertz CT molecular complexity index is 1270. The molecule has 0 bridgehead atoms. The zero-order valence-electron chi connectivity index (χ0n) is 17.2. The summed E-state index contributed by atoms with van der Waals surface area (Å²) in [4.78, 5) is 25.4. The molecular formula is C23H22BrNO4S. The Morgan fingerprint density at radius 1 is 1.27 bits per heavy atom. The molecule has 0 amide bonds. The maximum absolute atomic E-state index is 12.7. The summed E-state index contributed by atoms with van der Waals surface area (Å²) in [6, 6.07) is 11.1. The van der Waals surface area contributed by atoms with Crippen LogP contribution in [0, 0.1) is 6.92 Å². The molecule has 0 saturated carbocycles. The fourth-order valence-electron chi connectivity index (χ4n) is 3.03. The lowest BCUT2D eigenvalue weighted by atomic mass is 10.1. The summed E-state index contributed by atoms with van der Waals surface area (Å²) < 4.78 is 14.4. The number of carbonyl (C=O) groups is 1. The van der Waals surface area contributed by atoms with Crippen molar-refractivity contribution in [1.82, 2.24) is 4.57 Å². The Morgan fingerprint density at radius 2 is 2.00 bits per heavy atom. The second kappa shape index (κ2) is 9.45. The second-order valence-corrected chi connectivity index (χ2v) is 8.52. The van der Waals surface area contributed by atoms with Gasteiger partial charge in [0.2, 0.25) is 0 Å². The molecule has 3 aromatic rings. The van der Waals surface area contributed by atoms with Crippen LogP contribution in [0.1, 0.15) is 28.4 Å². The molecule has 0 spiro atoms. The van der Waals surface area contributed by atoms with Crippen LogP contribution in [0.5, 0.6) is 11.5 Å². The van der Waals surface area contributed by atoms with Gasteiger partial charge >= 0.3 is 0 Å². The molecule has 0 atom stereocenters. The topological polar surface area (TPSA) is 57.5 Å². The summed E-state index contributed by atoms with van der Waals surface area (Å²) in [7, 11) is 3.25. The van der Waals surface area contributed by atoms with Crippen molar-refractivity contribution in [2.75, 3.05) is 13.7 Å². The first-order chi connectivity index (χ1) is 14.3. The summed E-state index contributed by atoms with van der Waals surface area (Å²) in [5, 5.41) is 0. The van der Waals surface area contributed by atoms with Crippen molar-refractivity contribution >= 4 is 45.2 Å². The fraction of sp³-hybridized carbons (Fsp3) is 0.217. The highest BCUT2D eigenvalue weighted by molar-refractivity contribution is 9.10. The number of ether oxygens (including phenoxy) is 2. The summed E-state index contributed by atoms with van der Waals surface area (Å²) in [6.45, 7) is 4.28. The average molecular weight is 488 g/mol. The van der Waals surface area contributed by atoms with E-state index in [9.17, 15) is 9.59 Å². The number of nitrogens with zero attached hydrogens (tertiary/aromatic N) is 1. The molecule has 1 aromatic heterocycles. The van der Waals surface area contributed by atoms with Crippen LogP contribution in [0.25, 0.3) is 12.2 Å². The van der Waals surface area contributed by atoms with E-state index in [0.717, 1.165) is 15.6 Å². The Morgan fingerprint density at radius 3 is 2.67 bits per heavy atom. The van der Waals surface area contributed by atoms with Gasteiger partial charge in [-0.3, -0.25) is 9.59 Å². The SMILES string of the molecule is CCOc1cc(C=c2sc(=CC(=O)c3ccccc3C)n(C)c2=O)cc(Br)c1OC. The van der Waals surface area contributed by atoms with Gasteiger partial charge < -0.3 is 14.0 Å². The third kappa shape index (κ3) is 4.57. The zero-order chi connectivity index (χ0) is 21.8. The lowest BCUT2D eigenvalue weighted by molar-refractivity contribution is 0.106.